The number of nitrogens with one attached hydrogen (secondary N) is 1. The Morgan fingerprint density at radius 2 is 2.00 bits per heavy atom. The maximum Gasteiger partial charge on any atom is 0.194 e. The first-order valence-electron chi connectivity index (χ1n) is 8.97. The summed E-state index contributed by atoms with van der Waals surface area (Å²) in [6.45, 7) is 9.10. The van der Waals surface area contributed by atoms with Crippen molar-refractivity contribution in [1.82, 2.24) is 25.0 Å². The van der Waals surface area contributed by atoms with Crippen molar-refractivity contribution >= 4 is 23.2 Å². The number of halogens is 1. The summed E-state index contributed by atoms with van der Waals surface area (Å²) < 4.78 is 1.98. The van der Waals surface area contributed by atoms with Gasteiger partial charge in [0, 0.05) is 50.5 Å². The normalized spacial score (nSPS) is 15.5. The Balaban J connectivity index is 1.64. The molecule has 0 radical (unpaired) electrons. The summed E-state index contributed by atoms with van der Waals surface area (Å²) in [5.74, 6) is 2.70. The van der Waals surface area contributed by atoms with Crippen LogP contribution in [-0.2, 0) is 13.6 Å². The smallest absolute Gasteiger partial charge is 0.194 e. The van der Waals surface area contributed by atoms with E-state index in [-0.39, 0.29) is 0 Å². The average Bonchev–Trinajstić information content (AvgIpc) is 2.97. The van der Waals surface area contributed by atoms with Gasteiger partial charge in [-0.25, -0.2) is 4.99 Å². The largest absolute Gasteiger partial charge is 0.368 e. The predicted molar refractivity (Wildman–Crippen MR) is 106 cm³/mol. The van der Waals surface area contributed by atoms with E-state index in [1.807, 2.05) is 36.7 Å². The quantitative estimate of drug-likeness (QED) is 0.654. The van der Waals surface area contributed by atoms with Gasteiger partial charge in [0.25, 0.3) is 0 Å². The van der Waals surface area contributed by atoms with Crippen molar-refractivity contribution in [2.24, 2.45) is 12.0 Å². The fourth-order valence-corrected chi connectivity index (χ4v) is 3.19. The van der Waals surface area contributed by atoms with Crippen molar-refractivity contribution in [1.29, 1.82) is 0 Å². The number of piperazine rings is 1. The maximum absolute atomic E-state index is 6.12. The molecule has 140 valence electrons. The molecule has 1 fully saturated rings. The number of anilines is 1. The molecule has 0 aliphatic carbocycles. The average molecular weight is 376 g/mol. The molecule has 0 atom stereocenters. The molecule has 2 aromatic rings. The molecule has 1 aliphatic rings. The molecular formula is C18H26ClN7. The lowest BCUT2D eigenvalue weighted by Gasteiger charge is -2.37. The molecule has 0 saturated carbocycles. The summed E-state index contributed by atoms with van der Waals surface area (Å²) in [5, 5.41) is 12.5. The molecule has 1 N–H and O–H groups in total. The molecule has 7 nitrogen and oxygen atoms in total. The topological polar surface area (TPSA) is 61.6 Å². The number of hydrogen-bond acceptors (Lipinski definition) is 4. The van der Waals surface area contributed by atoms with Crippen molar-refractivity contribution < 1.29 is 0 Å². The summed E-state index contributed by atoms with van der Waals surface area (Å²) in [4.78, 5) is 9.42. The van der Waals surface area contributed by atoms with Crippen molar-refractivity contribution in [3.05, 3.63) is 40.9 Å². The lowest BCUT2D eigenvalue weighted by atomic mass is 10.2. The predicted octanol–water partition coefficient (Wildman–Crippen LogP) is 2.06. The lowest BCUT2D eigenvalue weighted by Crippen LogP contribution is -2.52. The lowest BCUT2D eigenvalue weighted by molar-refractivity contribution is 0.372. The van der Waals surface area contributed by atoms with Crippen LogP contribution in [0, 0.1) is 6.92 Å². The molecule has 2 heterocycles. The monoisotopic (exact) mass is 375 g/mol. The van der Waals surface area contributed by atoms with E-state index in [1.54, 1.807) is 0 Å². The third-order valence-corrected chi connectivity index (χ3v) is 4.88. The van der Waals surface area contributed by atoms with E-state index in [4.69, 9.17) is 16.6 Å². The number of hydrogen-bond donors (Lipinski definition) is 1. The van der Waals surface area contributed by atoms with Gasteiger partial charge in [0.15, 0.2) is 11.8 Å². The molecule has 1 aromatic carbocycles. The van der Waals surface area contributed by atoms with Crippen LogP contribution in [0.1, 0.15) is 18.6 Å². The van der Waals surface area contributed by atoms with Crippen molar-refractivity contribution in [3.63, 3.8) is 0 Å². The molecule has 0 spiro atoms. The standard InChI is InChI=1S/C18H26ClN7/c1-4-20-18(21-13-17-23-22-14(2)24(17)3)26-10-8-25(9-11-26)16-7-5-6-15(19)12-16/h5-7,12H,4,8-11,13H2,1-3H3,(H,20,21). The zero-order valence-electron chi connectivity index (χ0n) is 15.6. The number of nitrogens with zero attached hydrogens (tertiary/aromatic N) is 6. The van der Waals surface area contributed by atoms with Crippen LogP contribution in [0.4, 0.5) is 5.69 Å². The van der Waals surface area contributed by atoms with E-state index in [0.717, 1.165) is 55.4 Å². The number of aliphatic imine (C=N–C) groups is 1. The summed E-state index contributed by atoms with van der Waals surface area (Å²) in [5.41, 5.74) is 1.17. The van der Waals surface area contributed by atoms with Crippen LogP contribution in [-0.4, -0.2) is 58.3 Å². The zero-order chi connectivity index (χ0) is 18.5. The molecule has 1 aromatic heterocycles. The van der Waals surface area contributed by atoms with Gasteiger partial charge in [0.1, 0.15) is 12.4 Å². The van der Waals surface area contributed by atoms with Crippen molar-refractivity contribution in [3.8, 4) is 0 Å². The first-order chi connectivity index (χ1) is 12.6. The van der Waals surface area contributed by atoms with Crippen LogP contribution in [0.25, 0.3) is 0 Å². The van der Waals surface area contributed by atoms with Gasteiger partial charge in [0.05, 0.1) is 0 Å². The molecule has 0 unspecified atom stereocenters. The van der Waals surface area contributed by atoms with Gasteiger partial charge in [-0.2, -0.15) is 0 Å². The molecule has 1 aliphatic heterocycles. The number of rotatable bonds is 4. The molecular weight excluding hydrogens is 350 g/mol. The molecule has 1 saturated heterocycles. The SMILES string of the molecule is CCNC(=NCc1nnc(C)n1C)N1CCN(c2cccc(Cl)c2)CC1. The van der Waals surface area contributed by atoms with E-state index >= 15 is 0 Å². The number of aromatic nitrogens is 3. The van der Waals surface area contributed by atoms with E-state index in [1.165, 1.54) is 5.69 Å². The Morgan fingerprint density at radius 1 is 1.23 bits per heavy atom. The highest BCUT2D eigenvalue weighted by Crippen LogP contribution is 2.20. The third kappa shape index (κ3) is 4.27. The van der Waals surface area contributed by atoms with Crippen molar-refractivity contribution in [2.75, 3.05) is 37.6 Å². The van der Waals surface area contributed by atoms with E-state index < -0.39 is 0 Å². The first kappa shape index (κ1) is 18.5. The zero-order valence-corrected chi connectivity index (χ0v) is 16.4. The molecule has 3 rings (SSSR count). The summed E-state index contributed by atoms with van der Waals surface area (Å²) >= 11 is 6.12. The Labute approximate surface area is 159 Å². The highest BCUT2D eigenvalue weighted by molar-refractivity contribution is 6.30. The Hall–Kier alpha value is -2.28. The van der Waals surface area contributed by atoms with Gasteiger partial charge in [-0.05, 0) is 32.0 Å². The van der Waals surface area contributed by atoms with E-state index in [0.29, 0.717) is 6.54 Å². The summed E-state index contributed by atoms with van der Waals surface area (Å²) in [7, 11) is 1.97. The summed E-state index contributed by atoms with van der Waals surface area (Å²) in [6.07, 6.45) is 0. The van der Waals surface area contributed by atoms with Crippen molar-refractivity contribution in [2.45, 2.75) is 20.4 Å². The molecule has 0 amide bonds. The number of benzene rings is 1. The highest BCUT2D eigenvalue weighted by Gasteiger charge is 2.20. The molecule has 8 heteroatoms. The minimum atomic E-state index is 0.522. The minimum absolute atomic E-state index is 0.522. The maximum atomic E-state index is 6.12. The molecule has 26 heavy (non-hydrogen) atoms. The van der Waals surface area contributed by atoms with Gasteiger partial charge in [-0.1, -0.05) is 17.7 Å². The van der Waals surface area contributed by atoms with E-state index in [9.17, 15) is 0 Å². The fraction of sp³-hybridized carbons (Fsp3) is 0.500. The fourth-order valence-electron chi connectivity index (χ4n) is 3.01. The Bertz CT molecular complexity index is 763. The second-order valence-corrected chi connectivity index (χ2v) is 6.78. The van der Waals surface area contributed by atoms with Crippen LogP contribution in [0.5, 0.6) is 0 Å². The Kier molecular flexibility index (Phi) is 5.98. The van der Waals surface area contributed by atoms with Gasteiger partial charge in [0.2, 0.25) is 0 Å². The van der Waals surface area contributed by atoms with Gasteiger partial charge in [-0.3, -0.25) is 0 Å². The third-order valence-electron chi connectivity index (χ3n) is 4.64. The van der Waals surface area contributed by atoms with Crippen LogP contribution < -0.4 is 10.2 Å². The molecule has 0 bridgehead atoms. The van der Waals surface area contributed by atoms with Crippen LogP contribution in [0.15, 0.2) is 29.3 Å². The highest BCUT2D eigenvalue weighted by atomic mass is 35.5. The second kappa shape index (κ2) is 8.40. The first-order valence-corrected chi connectivity index (χ1v) is 9.35. The van der Waals surface area contributed by atoms with E-state index in [2.05, 4.69) is 38.3 Å². The van der Waals surface area contributed by atoms with Gasteiger partial charge in [-0.15, -0.1) is 10.2 Å². The van der Waals surface area contributed by atoms with Gasteiger partial charge >= 0.3 is 0 Å². The number of guanidine groups is 1. The second-order valence-electron chi connectivity index (χ2n) is 6.35. The van der Waals surface area contributed by atoms with Gasteiger partial charge < -0.3 is 19.7 Å². The van der Waals surface area contributed by atoms with Crippen LogP contribution in [0.2, 0.25) is 5.02 Å². The number of aryl methyl sites for hydroxylation is 1. The van der Waals surface area contributed by atoms with Crippen LogP contribution in [0.3, 0.4) is 0 Å². The minimum Gasteiger partial charge on any atom is -0.368 e. The van der Waals surface area contributed by atoms with Crippen LogP contribution >= 0.6 is 11.6 Å². The summed E-state index contributed by atoms with van der Waals surface area (Å²) in [6, 6.07) is 8.04. The Morgan fingerprint density at radius 3 is 2.62 bits per heavy atom.